The average molecular weight is 302 g/mol. The maximum Gasteiger partial charge on any atom is 0.126 e. The van der Waals surface area contributed by atoms with Gasteiger partial charge in [-0.2, -0.15) is 0 Å². The second-order valence-corrected chi connectivity index (χ2v) is 6.46. The summed E-state index contributed by atoms with van der Waals surface area (Å²) in [6.07, 6.45) is 5.13. The van der Waals surface area contributed by atoms with E-state index in [4.69, 9.17) is 4.74 Å². The largest absolute Gasteiger partial charge is 0.493 e. The number of nitrogens with zero attached hydrogens (tertiary/aromatic N) is 1. The van der Waals surface area contributed by atoms with Gasteiger partial charge in [0.2, 0.25) is 0 Å². The molecule has 1 aromatic carbocycles. The molecule has 2 heterocycles. The second-order valence-electron chi connectivity index (χ2n) is 5.53. The fourth-order valence-electron chi connectivity index (χ4n) is 2.95. The van der Waals surface area contributed by atoms with Gasteiger partial charge in [-0.15, -0.1) is 11.3 Å². The van der Waals surface area contributed by atoms with Crippen LogP contribution in [-0.4, -0.2) is 11.6 Å². The van der Waals surface area contributed by atoms with Crippen LogP contribution in [0.1, 0.15) is 54.4 Å². The van der Waals surface area contributed by atoms with Crippen LogP contribution in [0.25, 0.3) is 0 Å². The van der Waals surface area contributed by atoms with Gasteiger partial charge in [0.1, 0.15) is 10.8 Å². The molecular weight excluding hydrogens is 280 g/mol. The Morgan fingerprint density at radius 1 is 1.48 bits per heavy atom. The smallest absolute Gasteiger partial charge is 0.126 e. The van der Waals surface area contributed by atoms with E-state index in [0.717, 1.165) is 31.6 Å². The highest BCUT2D eigenvalue weighted by atomic mass is 32.1. The molecule has 0 amide bonds. The van der Waals surface area contributed by atoms with E-state index in [-0.39, 0.29) is 0 Å². The first kappa shape index (κ1) is 14.5. The fraction of sp³-hybridized carbons (Fsp3) is 0.471. The van der Waals surface area contributed by atoms with Crippen molar-refractivity contribution in [2.24, 2.45) is 0 Å². The fourth-order valence-corrected chi connectivity index (χ4v) is 3.73. The summed E-state index contributed by atoms with van der Waals surface area (Å²) in [7, 11) is 0. The number of para-hydroxylation sites is 1. The molecule has 1 aliphatic heterocycles. The van der Waals surface area contributed by atoms with Gasteiger partial charge < -0.3 is 10.1 Å². The molecule has 0 fully saturated rings. The van der Waals surface area contributed by atoms with Crippen LogP contribution in [0.4, 0.5) is 0 Å². The highest BCUT2D eigenvalue weighted by Gasteiger charge is 2.24. The molecule has 1 N–H and O–H groups in total. The van der Waals surface area contributed by atoms with E-state index in [0.29, 0.717) is 12.1 Å². The summed E-state index contributed by atoms with van der Waals surface area (Å²) in [5, 5.41) is 7.03. The van der Waals surface area contributed by atoms with Crippen molar-refractivity contribution in [2.45, 2.75) is 45.2 Å². The van der Waals surface area contributed by atoms with E-state index >= 15 is 0 Å². The molecule has 2 atom stereocenters. The molecule has 21 heavy (non-hydrogen) atoms. The number of hydrogen-bond donors (Lipinski definition) is 1. The van der Waals surface area contributed by atoms with Crippen molar-refractivity contribution in [3.63, 3.8) is 0 Å². The quantitative estimate of drug-likeness (QED) is 0.908. The molecule has 0 saturated heterocycles. The minimum Gasteiger partial charge on any atom is -0.493 e. The van der Waals surface area contributed by atoms with E-state index in [1.54, 1.807) is 11.3 Å². The van der Waals surface area contributed by atoms with Crippen LogP contribution in [-0.2, 0) is 0 Å². The highest BCUT2D eigenvalue weighted by Crippen LogP contribution is 2.36. The van der Waals surface area contributed by atoms with Crippen molar-refractivity contribution in [2.75, 3.05) is 6.61 Å². The van der Waals surface area contributed by atoms with E-state index in [1.165, 1.54) is 16.1 Å². The topological polar surface area (TPSA) is 34.1 Å². The van der Waals surface area contributed by atoms with Crippen LogP contribution in [0.15, 0.2) is 29.8 Å². The first-order valence-electron chi connectivity index (χ1n) is 7.67. The Morgan fingerprint density at radius 2 is 2.38 bits per heavy atom. The number of benzene rings is 1. The Bertz CT molecular complexity index is 582. The van der Waals surface area contributed by atoms with Gasteiger partial charge in [0.05, 0.1) is 12.6 Å². The van der Waals surface area contributed by atoms with Gasteiger partial charge in [0.15, 0.2) is 0 Å². The zero-order chi connectivity index (χ0) is 14.7. The van der Waals surface area contributed by atoms with Gasteiger partial charge in [0, 0.05) is 23.2 Å². The van der Waals surface area contributed by atoms with Crippen LogP contribution in [0.5, 0.6) is 5.75 Å². The molecule has 0 spiro atoms. The summed E-state index contributed by atoms with van der Waals surface area (Å²) in [5.41, 5.74) is 2.52. The Labute approximate surface area is 130 Å². The van der Waals surface area contributed by atoms with E-state index in [1.807, 2.05) is 11.6 Å². The van der Waals surface area contributed by atoms with Gasteiger partial charge in [-0.1, -0.05) is 25.1 Å². The van der Waals surface area contributed by atoms with Crippen molar-refractivity contribution >= 4 is 11.3 Å². The van der Waals surface area contributed by atoms with E-state index < -0.39 is 0 Å². The van der Waals surface area contributed by atoms with Gasteiger partial charge in [-0.05, 0) is 31.7 Å². The molecule has 0 aliphatic carbocycles. The number of rotatable bonds is 4. The number of aromatic nitrogens is 1. The summed E-state index contributed by atoms with van der Waals surface area (Å²) in [6.45, 7) is 5.15. The number of aryl methyl sites for hydroxylation is 1. The summed E-state index contributed by atoms with van der Waals surface area (Å²) < 4.78 is 5.96. The lowest BCUT2D eigenvalue weighted by Crippen LogP contribution is -2.26. The minimum atomic E-state index is 0.321. The van der Waals surface area contributed by atoms with Crippen molar-refractivity contribution in [1.29, 1.82) is 0 Å². The standard InChI is InChI=1S/C17H22N2OS/c1-3-14(17-18-9-11-21-17)19-15-8-5-10-20-16-12(2)6-4-7-13(15)16/h4,6-7,9,11,14-15,19H,3,5,8,10H2,1-2H3. The minimum absolute atomic E-state index is 0.321. The molecule has 3 rings (SSSR count). The first-order valence-corrected chi connectivity index (χ1v) is 8.55. The SMILES string of the molecule is CCC(NC1CCCOc2c(C)cccc21)c1nccs1. The van der Waals surface area contributed by atoms with Gasteiger partial charge >= 0.3 is 0 Å². The Hall–Kier alpha value is -1.39. The van der Waals surface area contributed by atoms with Crippen LogP contribution in [0.3, 0.4) is 0 Å². The van der Waals surface area contributed by atoms with E-state index in [2.05, 4.69) is 42.3 Å². The van der Waals surface area contributed by atoms with Gasteiger partial charge in [-0.3, -0.25) is 0 Å². The summed E-state index contributed by atoms with van der Waals surface area (Å²) >= 11 is 1.73. The van der Waals surface area contributed by atoms with Crippen LogP contribution < -0.4 is 10.1 Å². The lowest BCUT2D eigenvalue weighted by Gasteiger charge is -2.24. The molecule has 2 aromatic rings. The van der Waals surface area contributed by atoms with Crippen molar-refractivity contribution in [3.05, 3.63) is 45.9 Å². The van der Waals surface area contributed by atoms with Crippen molar-refractivity contribution < 1.29 is 4.74 Å². The third kappa shape index (κ3) is 3.11. The summed E-state index contributed by atoms with van der Waals surface area (Å²) in [5.74, 6) is 1.07. The highest BCUT2D eigenvalue weighted by molar-refractivity contribution is 7.09. The third-order valence-electron chi connectivity index (χ3n) is 4.06. The van der Waals surface area contributed by atoms with Crippen molar-refractivity contribution in [3.8, 4) is 5.75 Å². The molecule has 1 aromatic heterocycles. The molecule has 1 aliphatic rings. The normalized spacial score (nSPS) is 19.4. The van der Waals surface area contributed by atoms with Crippen LogP contribution in [0, 0.1) is 6.92 Å². The maximum absolute atomic E-state index is 5.96. The zero-order valence-corrected chi connectivity index (χ0v) is 13.5. The van der Waals surface area contributed by atoms with Gasteiger partial charge in [0.25, 0.3) is 0 Å². The maximum atomic E-state index is 5.96. The third-order valence-corrected chi connectivity index (χ3v) is 4.95. The van der Waals surface area contributed by atoms with Crippen LogP contribution in [0.2, 0.25) is 0 Å². The molecule has 0 radical (unpaired) electrons. The predicted molar refractivity (Wildman–Crippen MR) is 86.9 cm³/mol. The monoisotopic (exact) mass is 302 g/mol. The average Bonchev–Trinajstić information content (AvgIpc) is 2.94. The number of hydrogen-bond acceptors (Lipinski definition) is 4. The summed E-state index contributed by atoms with van der Waals surface area (Å²) in [6, 6.07) is 7.11. The number of nitrogens with one attached hydrogen (secondary N) is 1. The lowest BCUT2D eigenvalue weighted by atomic mass is 9.98. The molecule has 4 heteroatoms. The van der Waals surface area contributed by atoms with Crippen molar-refractivity contribution in [1.82, 2.24) is 10.3 Å². The molecule has 112 valence electrons. The molecule has 3 nitrogen and oxygen atoms in total. The zero-order valence-electron chi connectivity index (χ0n) is 12.6. The van der Waals surface area contributed by atoms with E-state index in [9.17, 15) is 0 Å². The van der Waals surface area contributed by atoms with Crippen LogP contribution >= 0.6 is 11.3 Å². The first-order chi connectivity index (χ1) is 10.3. The lowest BCUT2D eigenvalue weighted by molar-refractivity contribution is 0.312. The molecular formula is C17H22N2OS. The Balaban J connectivity index is 1.87. The Kier molecular flexibility index (Phi) is 4.56. The molecule has 0 saturated carbocycles. The molecule has 0 bridgehead atoms. The molecule has 2 unspecified atom stereocenters. The second kappa shape index (κ2) is 6.58. The Morgan fingerprint density at radius 3 is 3.14 bits per heavy atom. The summed E-state index contributed by atoms with van der Waals surface area (Å²) in [4.78, 5) is 4.47. The van der Waals surface area contributed by atoms with Gasteiger partial charge in [-0.25, -0.2) is 4.98 Å². The number of fused-ring (bicyclic) bond motifs is 1. The predicted octanol–water partition coefficient (Wildman–Crippen LogP) is 4.41. The number of thiazole rings is 1. The number of ether oxygens (including phenoxy) is 1.